The van der Waals surface area contributed by atoms with Crippen LogP contribution >= 0.6 is 11.3 Å². The van der Waals surface area contributed by atoms with Crippen molar-refractivity contribution in [2.75, 3.05) is 19.6 Å². The highest BCUT2D eigenvalue weighted by Crippen LogP contribution is 2.27. The number of rotatable bonds is 3. The van der Waals surface area contributed by atoms with Crippen molar-refractivity contribution in [1.82, 2.24) is 15.2 Å². The van der Waals surface area contributed by atoms with E-state index < -0.39 is 0 Å². The molecule has 1 atom stereocenters. The van der Waals surface area contributed by atoms with Gasteiger partial charge in [-0.3, -0.25) is 0 Å². The highest BCUT2D eigenvalue weighted by atomic mass is 32.1. The van der Waals surface area contributed by atoms with Gasteiger partial charge in [-0.05, 0) is 38.8 Å². The van der Waals surface area contributed by atoms with Gasteiger partial charge in [0.2, 0.25) is 0 Å². The van der Waals surface area contributed by atoms with Crippen LogP contribution in [0.15, 0.2) is 5.51 Å². The highest BCUT2D eigenvalue weighted by Gasteiger charge is 2.33. The number of nitrogens with zero attached hydrogens (tertiary/aromatic N) is 2. The Morgan fingerprint density at radius 3 is 2.88 bits per heavy atom. The van der Waals surface area contributed by atoms with Crippen molar-refractivity contribution in [3.8, 4) is 0 Å². The van der Waals surface area contributed by atoms with Gasteiger partial charge in [0.1, 0.15) is 0 Å². The summed E-state index contributed by atoms with van der Waals surface area (Å²) in [5, 5.41) is 3.72. The fourth-order valence-corrected chi connectivity index (χ4v) is 3.64. The van der Waals surface area contributed by atoms with Gasteiger partial charge in [-0.25, -0.2) is 4.98 Å². The van der Waals surface area contributed by atoms with Crippen LogP contribution in [0.2, 0.25) is 0 Å². The monoisotopic (exact) mass is 237 g/mol. The van der Waals surface area contributed by atoms with Crippen LogP contribution in [-0.4, -0.2) is 35.6 Å². The quantitative estimate of drug-likeness (QED) is 0.866. The minimum Gasteiger partial charge on any atom is -0.307 e. The van der Waals surface area contributed by atoms with Gasteiger partial charge in [0.05, 0.1) is 11.2 Å². The fourth-order valence-electron chi connectivity index (χ4n) is 2.92. The van der Waals surface area contributed by atoms with Crippen molar-refractivity contribution in [1.29, 1.82) is 0 Å². The summed E-state index contributed by atoms with van der Waals surface area (Å²) < 4.78 is 0. The molecule has 16 heavy (non-hydrogen) atoms. The SMILES string of the molecule is Cc1ncsc1CNC1CN2CCC1CC2. The second-order valence-corrected chi connectivity index (χ2v) is 5.93. The zero-order chi connectivity index (χ0) is 11.0. The second kappa shape index (κ2) is 4.43. The molecule has 0 amide bonds. The average molecular weight is 237 g/mol. The lowest BCUT2D eigenvalue weighted by atomic mass is 9.84. The van der Waals surface area contributed by atoms with Gasteiger partial charge < -0.3 is 10.2 Å². The predicted octanol–water partition coefficient (Wildman–Crippen LogP) is 1.64. The number of hydrogen-bond donors (Lipinski definition) is 1. The lowest BCUT2D eigenvalue weighted by Gasteiger charge is -2.45. The molecule has 88 valence electrons. The third-order valence-corrected chi connectivity index (χ3v) is 4.96. The van der Waals surface area contributed by atoms with Crippen molar-refractivity contribution in [2.24, 2.45) is 5.92 Å². The van der Waals surface area contributed by atoms with E-state index >= 15 is 0 Å². The molecule has 4 heteroatoms. The molecular formula is C12H19N3S. The summed E-state index contributed by atoms with van der Waals surface area (Å²) in [5.41, 5.74) is 3.14. The smallest absolute Gasteiger partial charge is 0.0798 e. The third kappa shape index (κ3) is 2.01. The van der Waals surface area contributed by atoms with E-state index in [0.717, 1.165) is 12.5 Å². The van der Waals surface area contributed by atoms with Crippen molar-refractivity contribution in [2.45, 2.75) is 32.4 Å². The minimum absolute atomic E-state index is 0.712. The van der Waals surface area contributed by atoms with Crippen LogP contribution in [0.5, 0.6) is 0 Å². The molecule has 3 saturated heterocycles. The number of hydrogen-bond acceptors (Lipinski definition) is 4. The number of fused-ring (bicyclic) bond motifs is 3. The summed E-state index contributed by atoms with van der Waals surface area (Å²) in [5.74, 6) is 0.915. The van der Waals surface area contributed by atoms with Gasteiger partial charge in [0.25, 0.3) is 0 Å². The van der Waals surface area contributed by atoms with Gasteiger partial charge in [-0.15, -0.1) is 11.3 Å². The molecule has 3 nitrogen and oxygen atoms in total. The molecule has 0 saturated carbocycles. The molecule has 4 heterocycles. The number of aromatic nitrogens is 1. The van der Waals surface area contributed by atoms with Crippen molar-refractivity contribution in [3.05, 3.63) is 16.1 Å². The minimum atomic E-state index is 0.712. The summed E-state index contributed by atoms with van der Waals surface area (Å²) in [6.07, 6.45) is 2.78. The first-order valence-corrected chi connectivity index (χ1v) is 7.05. The van der Waals surface area contributed by atoms with Crippen LogP contribution in [0.4, 0.5) is 0 Å². The van der Waals surface area contributed by atoms with Crippen molar-refractivity contribution >= 4 is 11.3 Å². The number of piperidine rings is 3. The number of nitrogens with one attached hydrogen (secondary N) is 1. The Labute approximate surface area is 101 Å². The van der Waals surface area contributed by atoms with E-state index in [1.54, 1.807) is 11.3 Å². The molecule has 1 N–H and O–H groups in total. The normalized spacial score (nSPS) is 33.2. The maximum atomic E-state index is 4.30. The Bertz CT molecular complexity index is 355. The molecular weight excluding hydrogens is 218 g/mol. The standard InChI is InChI=1S/C12H19N3S/c1-9-12(16-8-14-9)6-13-11-7-15-4-2-10(11)3-5-15/h8,10-11,13H,2-7H2,1H3. The zero-order valence-corrected chi connectivity index (χ0v) is 10.6. The molecule has 0 aromatic carbocycles. The molecule has 0 aliphatic carbocycles. The van der Waals surface area contributed by atoms with Crippen LogP contribution in [0.25, 0.3) is 0 Å². The van der Waals surface area contributed by atoms with E-state index in [2.05, 4.69) is 22.1 Å². The fraction of sp³-hybridized carbons (Fsp3) is 0.750. The first-order valence-electron chi connectivity index (χ1n) is 6.17. The summed E-state index contributed by atoms with van der Waals surface area (Å²) in [6, 6.07) is 0.712. The Balaban J connectivity index is 1.58. The maximum absolute atomic E-state index is 4.30. The van der Waals surface area contributed by atoms with Gasteiger partial charge in [-0.1, -0.05) is 0 Å². The van der Waals surface area contributed by atoms with Gasteiger partial charge in [0.15, 0.2) is 0 Å². The van der Waals surface area contributed by atoms with Gasteiger partial charge in [0, 0.05) is 24.0 Å². The maximum Gasteiger partial charge on any atom is 0.0798 e. The average Bonchev–Trinajstić information content (AvgIpc) is 2.74. The first-order chi connectivity index (χ1) is 7.83. The van der Waals surface area contributed by atoms with E-state index in [1.807, 2.05) is 5.51 Å². The van der Waals surface area contributed by atoms with E-state index in [-0.39, 0.29) is 0 Å². The van der Waals surface area contributed by atoms with Crippen molar-refractivity contribution in [3.63, 3.8) is 0 Å². The van der Waals surface area contributed by atoms with Crippen LogP contribution < -0.4 is 5.32 Å². The lowest BCUT2D eigenvalue weighted by Crippen LogP contribution is -2.55. The molecule has 1 aromatic heterocycles. The molecule has 4 rings (SSSR count). The summed E-state index contributed by atoms with van der Waals surface area (Å²) in [7, 11) is 0. The molecule has 1 aromatic rings. The molecule has 1 unspecified atom stereocenters. The molecule has 0 spiro atoms. The van der Waals surface area contributed by atoms with Crippen LogP contribution in [0.1, 0.15) is 23.4 Å². The third-order valence-electron chi connectivity index (χ3n) is 4.03. The van der Waals surface area contributed by atoms with Gasteiger partial charge in [-0.2, -0.15) is 0 Å². The topological polar surface area (TPSA) is 28.2 Å². The molecule has 3 aliphatic rings. The Kier molecular flexibility index (Phi) is 2.96. The zero-order valence-electron chi connectivity index (χ0n) is 9.78. The second-order valence-electron chi connectivity index (χ2n) is 4.99. The Hall–Kier alpha value is -0.450. The molecule has 2 bridgehead atoms. The van der Waals surface area contributed by atoms with Gasteiger partial charge >= 0.3 is 0 Å². The van der Waals surface area contributed by atoms with Crippen LogP contribution in [0, 0.1) is 12.8 Å². The van der Waals surface area contributed by atoms with E-state index in [4.69, 9.17) is 0 Å². The van der Waals surface area contributed by atoms with E-state index in [1.165, 1.54) is 43.0 Å². The summed E-state index contributed by atoms with van der Waals surface area (Å²) >= 11 is 1.77. The van der Waals surface area contributed by atoms with E-state index in [9.17, 15) is 0 Å². The highest BCUT2D eigenvalue weighted by molar-refractivity contribution is 7.09. The van der Waals surface area contributed by atoms with Crippen LogP contribution in [-0.2, 0) is 6.54 Å². The molecule has 0 radical (unpaired) electrons. The largest absolute Gasteiger partial charge is 0.307 e. The predicted molar refractivity (Wildman–Crippen MR) is 66.6 cm³/mol. The number of thiazole rings is 1. The van der Waals surface area contributed by atoms with Crippen molar-refractivity contribution < 1.29 is 0 Å². The Morgan fingerprint density at radius 2 is 2.31 bits per heavy atom. The van der Waals surface area contributed by atoms with Crippen LogP contribution in [0.3, 0.4) is 0 Å². The molecule has 3 aliphatic heterocycles. The summed E-state index contributed by atoms with van der Waals surface area (Å²) in [6.45, 7) is 7.00. The lowest BCUT2D eigenvalue weighted by molar-refractivity contribution is 0.0721. The summed E-state index contributed by atoms with van der Waals surface area (Å²) in [4.78, 5) is 8.29. The van der Waals surface area contributed by atoms with E-state index in [0.29, 0.717) is 6.04 Å². The Morgan fingerprint density at radius 1 is 1.50 bits per heavy atom. The number of aryl methyl sites for hydroxylation is 1. The first kappa shape index (κ1) is 10.7. The molecule has 3 fully saturated rings.